The Hall–Kier alpha value is -1.10. The zero-order chi connectivity index (χ0) is 13.9. The number of methoxy groups -OCH3 is 1. The quantitative estimate of drug-likeness (QED) is 0.905. The topological polar surface area (TPSA) is 41.9 Å². The van der Waals surface area contributed by atoms with E-state index < -0.39 is 6.10 Å². The lowest BCUT2D eigenvalue weighted by Crippen LogP contribution is -2.50. The molecule has 4 heteroatoms. The average Bonchev–Trinajstić information content (AvgIpc) is 2.94. The third-order valence-electron chi connectivity index (χ3n) is 4.42. The summed E-state index contributed by atoms with van der Waals surface area (Å²) in [5.74, 6) is 0.832. The van der Waals surface area contributed by atoms with Gasteiger partial charge in [-0.25, -0.2) is 0 Å². The number of morpholine rings is 1. The number of aliphatic hydroxyl groups is 1. The Labute approximate surface area is 120 Å². The molecule has 0 radical (unpaired) electrons. The Morgan fingerprint density at radius 2 is 2.40 bits per heavy atom. The van der Waals surface area contributed by atoms with E-state index in [2.05, 4.69) is 4.90 Å². The summed E-state index contributed by atoms with van der Waals surface area (Å²) in [5.41, 5.74) is 1.09. The molecule has 3 atom stereocenters. The molecule has 2 aliphatic heterocycles. The minimum absolute atomic E-state index is 0.0736. The number of rotatable bonds is 4. The maximum absolute atomic E-state index is 10.4. The third kappa shape index (κ3) is 2.97. The van der Waals surface area contributed by atoms with Crippen molar-refractivity contribution in [2.24, 2.45) is 0 Å². The van der Waals surface area contributed by atoms with Gasteiger partial charge in [-0.2, -0.15) is 0 Å². The summed E-state index contributed by atoms with van der Waals surface area (Å²) in [5, 5.41) is 10.4. The highest BCUT2D eigenvalue weighted by atomic mass is 16.5. The molecule has 0 aromatic heterocycles. The zero-order valence-electron chi connectivity index (χ0n) is 12.0. The molecule has 3 unspecified atom stereocenters. The van der Waals surface area contributed by atoms with Crippen molar-refractivity contribution in [3.63, 3.8) is 0 Å². The molecule has 0 bridgehead atoms. The summed E-state index contributed by atoms with van der Waals surface area (Å²) in [4.78, 5) is 2.46. The van der Waals surface area contributed by atoms with Crippen LogP contribution in [0.15, 0.2) is 24.3 Å². The van der Waals surface area contributed by atoms with Gasteiger partial charge in [0.25, 0.3) is 0 Å². The van der Waals surface area contributed by atoms with Gasteiger partial charge in [0.05, 0.1) is 25.9 Å². The Kier molecular flexibility index (Phi) is 4.24. The zero-order valence-corrected chi connectivity index (χ0v) is 12.0. The molecule has 1 aromatic carbocycles. The molecular formula is C16H23NO3. The number of fused-ring (bicyclic) bond motifs is 1. The van der Waals surface area contributed by atoms with Crippen molar-refractivity contribution in [2.75, 3.05) is 26.8 Å². The van der Waals surface area contributed by atoms with Crippen LogP contribution in [0.2, 0.25) is 0 Å². The Morgan fingerprint density at radius 1 is 1.50 bits per heavy atom. The summed E-state index contributed by atoms with van der Waals surface area (Å²) in [7, 11) is 1.66. The fourth-order valence-electron chi connectivity index (χ4n) is 3.25. The van der Waals surface area contributed by atoms with Gasteiger partial charge in [0.15, 0.2) is 0 Å². The molecule has 3 rings (SSSR count). The van der Waals surface area contributed by atoms with Gasteiger partial charge in [-0.05, 0) is 37.1 Å². The molecule has 2 aliphatic rings. The second-order valence-electron chi connectivity index (χ2n) is 5.79. The van der Waals surface area contributed by atoms with Crippen molar-refractivity contribution in [1.82, 2.24) is 4.90 Å². The molecule has 0 spiro atoms. The molecule has 110 valence electrons. The highest BCUT2D eigenvalue weighted by molar-refractivity contribution is 5.28. The number of hydrogen-bond acceptors (Lipinski definition) is 4. The van der Waals surface area contributed by atoms with Crippen LogP contribution in [-0.2, 0) is 11.2 Å². The smallest absolute Gasteiger partial charge is 0.119 e. The highest BCUT2D eigenvalue weighted by Gasteiger charge is 2.35. The van der Waals surface area contributed by atoms with Crippen LogP contribution in [0, 0.1) is 0 Å². The van der Waals surface area contributed by atoms with Gasteiger partial charge in [0, 0.05) is 19.0 Å². The second kappa shape index (κ2) is 6.12. The third-order valence-corrected chi connectivity index (χ3v) is 4.42. The maximum atomic E-state index is 10.4. The predicted octanol–water partition coefficient (Wildman–Crippen LogP) is 1.46. The molecule has 2 saturated heterocycles. The van der Waals surface area contributed by atoms with Crippen molar-refractivity contribution >= 4 is 0 Å². The molecule has 20 heavy (non-hydrogen) atoms. The van der Waals surface area contributed by atoms with Gasteiger partial charge < -0.3 is 14.6 Å². The lowest BCUT2D eigenvalue weighted by Gasteiger charge is -2.37. The Bertz CT molecular complexity index is 451. The molecule has 0 amide bonds. The van der Waals surface area contributed by atoms with Gasteiger partial charge >= 0.3 is 0 Å². The average molecular weight is 277 g/mol. The van der Waals surface area contributed by atoms with Crippen LogP contribution in [0.25, 0.3) is 0 Å². The molecule has 1 aromatic rings. The number of nitrogens with zero attached hydrogens (tertiary/aromatic N) is 1. The maximum Gasteiger partial charge on any atom is 0.119 e. The number of hydrogen-bond donors (Lipinski definition) is 1. The number of benzene rings is 1. The number of aliphatic hydroxyl groups excluding tert-OH is 1. The second-order valence-corrected chi connectivity index (χ2v) is 5.79. The lowest BCUT2D eigenvalue weighted by atomic mass is 10.0. The summed E-state index contributed by atoms with van der Waals surface area (Å²) in [6, 6.07) is 8.45. The Balaban J connectivity index is 1.59. The van der Waals surface area contributed by atoms with E-state index in [-0.39, 0.29) is 6.10 Å². The van der Waals surface area contributed by atoms with Crippen LogP contribution in [0.4, 0.5) is 0 Å². The first-order chi connectivity index (χ1) is 9.76. The van der Waals surface area contributed by atoms with E-state index in [0.717, 1.165) is 31.0 Å². The van der Waals surface area contributed by atoms with Crippen molar-refractivity contribution in [1.29, 1.82) is 0 Å². The van der Waals surface area contributed by atoms with E-state index in [1.165, 1.54) is 12.8 Å². The Morgan fingerprint density at radius 3 is 3.25 bits per heavy atom. The fourth-order valence-corrected chi connectivity index (χ4v) is 3.25. The number of ether oxygens (including phenoxy) is 2. The normalized spacial score (nSPS) is 28.1. The van der Waals surface area contributed by atoms with Crippen molar-refractivity contribution in [2.45, 2.75) is 37.5 Å². The summed E-state index contributed by atoms with van der Waals surface area (Å²) < 4.78 is 11.1. The van der Waals surface area contributed by atoms with Crippen LogP contribution in [-0.4, -0.2) is 55.1 Å². The van der Waals surface area contributed by atoms with Gasteiger partial charge in [0.1, 0.15) is 5.75 Å². The lowest BCUT2D eigenvalue weighted by molar-refractivity contribution is -0.101. The fraction of sp³-hybridized carbons (Fsp3) is 0.625. The van der Waals surface area contributed by atoms with Crippen molar-refractivity contribution in [3.05, 3.63) is 29.8 Å². The van der Waals surface area contributed by atoms with Crippen LogP contribution in [0.1, 0.15) is 18.4 Å². The van der Waals surface area contributed by atoms with E-state index in [4.69, 9.17) is 9.47 Å². The van der Waals surface area contributed by atoms with Gasteiger partial charge in [-0.1, -0.05) is 12.1 Å². The van der Waals surface area contributed by atoms with Crippen molar-refractivity contribution in [3.8, 4) is 5.75 Å². The first-order valence-corrected chi connectivity index (χ1v) is 7.43. The summed E-state index contributed by atoms with van der Waals surface area (Å²) >= 11 is 0. The molecule has 1 N–H and O–H groups in total. The van der Waals surface area contributed by atoms with E-state index in [9.17, 15) is 5.11 Å². The van der Waals surface area contributed by atoms with Gasteiger partial charge in [-0.3, -0.25) is 4.90 Å². The highest BCUT2D eigenvalue weighted by Crippen LogP contribution is 2.25. The van der Waals surface area contributed by atoms with E-state index >= 15 is 0 Å². The van der Waals surface area contributed by atoms with E-state index in [1.54, 1.807) is 7.11 Å². The van der Waals surface area contributed by atoms with Crippen LogP contribution < -0.4 is 4.74 Å². The van der Waals surface area contributed by atoms with Crippen molar-refractivity contribution < 1.29 is 14.6 Å². The first-order valence-electron chi connectivity index (χ1n) is 7.43. The molecule has 4 nitrogen and oxygen atoms in total. The van der Waals surface area contributed by atoms with Crippen LogP contribution in [0.3, 0.4) is 0 Å². The standard InChI is InChI=1S/C16H23NO3/c1-19-14-6-2-4-12(8-14)9-15(18)16-10-17-7-3-5-13(17)11-20-16/h2,4,6,8,13,15-16,18H,3,5,7,9-11H2,1H3. The molecule has 0 saturated carbocycles. The predicted molar refractivity (Wildman–Crippen MR) is 77.0 cm³/mol. The summed E-state index contributed by atoms with van der Waals surface area (Å²) in [6.45, 7) is 2.77. The summed E-state index contributed by atoms with van der Waals surface area (Å²) in [6.07, 6.45) is 2.57. The molecular weight excluding hydrogens is 254 g/mol. The first kappa shape index (κ1) is 13.9. The minimum atomic E-state index is -0.455. The van der Waals surface area contributed by atoms with E-state index in [1.807, 2.05) is 24.3 Å². The van der Waals surface area contributed by atoms with Crippen LogP contribution in [0.5, 0.6) is 5.75 Å². The molecule has 2 fully saturated rings. The molecule has 2 heterocycles. The molecule has 0 aliphatic carbocycles. The largest absolute Gasteiger partial charge is 0.497 e. The monoisotopic (exact) mass is 277 g/mol. The minimum Gasteiger partial charge on any atom is -0.497 e. The van der Waals surface area contributed by atoms with Gasteiger partial charge in [0.2, 0.25) is 0 Å². The van der Waals surface area contributed by atoms with E-state index in [0.29, 0.717) is 12.5 Å². The SMILES string of the molecule is COc1cccc(CC(O)C2CN3CCCC3CO2)c1. The van der Waals surface area contributed by atoms with Gasteiger partial charge in [-0.15, -0.1) is 0 Å². The van der Waals surface area contributed by atoms with Crippen LogP contribution >= 0.6 is 0 Å².